The Kier molecular flexibility index (Phi) is 4.83. The van der Waals surface area contributed by atoms with Crippen molar-refractivity contribution in [3.05, 3.63) is 92.1 Å². The topological polar surface area (TPSA) is 64.2 Å². The monoisotopic (exact) mass is 398 g/mol. The largest absolute Gasteiger partial charge is 0.420 e. The second-order valence-electron chi connectivity index (χ2n) is 5.99. The Morgan fingerprint density at radius 3 is 2.70 bits per heavy atom. The molecule has 0 spiro atoms. The quantitative estimate of drug-likeness (QED) is 0.547. The first-order valence-corrected chi connectivity index (χ1v) is 9.54. The van der Waals surface area contributed by atoms with E-state index in [0.29, 0.717) is 16.1 Å². The number of amides is 1. The number of oxazole rings is 1. The maximum Gasteiger partial charge on any atom is 0.420 e. The predicted molar refractivity (Wildman–Crippen MR) is 106 cm³/mol. The van der Waals surface area contributed by atoms with E-state index in [1.807, 2.05) is 47.8 Å². The van der Waals surface area contributed by atoms with E-state index in [1.54, 1.807) is 29.5 Å². The second-order valence-corrected chi connectivity index (χ2v) is 7.41. The van der Waals surface area contributed by atoms with Gasteiger partial charge in [-0.15, -0.1) is 11.3 Å². The van der Waals surface area contributed by atoms with Gasteiger partial charge in [-0.25, -0.2) is 4.79 Å². The summed E-state index contributed by atoms with van der Waals surface area (Å²) >= 11 is 7.50. The molecule has 0 aliphatic rings. The highest BCUT2D eigenvalue weighted by Crippen LogP contribution is 2.26. The van der Waals surface area contributed by atoms with Gasteiger partial charge in [0, 0.05) is 16.0 Å². The van der Waals surface area contributed by atoms with Crippen LogP contribution in [0.4, 0.5) is 0 Å². The third-order valence-corrected chi connectivity index (χ3v) is 5.37. The van der Waals surface area contributed by atoms with Gasteiger partial charge in [0.15, 0.2) is 5.58 Å². The molecule has 0 radical (unpaired) electrons. The first-order chi connectivity index (χ1) is 13.1. The zero-order valence-corrected chi connectivity index (χ0v) is 15.7. The lowest BCUT2D eigenvalue weighted by Crippen LogP contribution is -2.33. The number of thiophene rings is 1. The van der Waals surface area contributed by atoms with Crippen LogP contribution in [0.15, 0.2) is 75.3 Å². The summed E-state index contributed by atoms with van der Waals surface area (Å²) in [5, 5.41) is 5.46. The van der Waals surface area contributed by atoms with E-state index in [9.17, 15) is 9.59 Å². The average Bonchev–Trinajstić information content (AvgIpc) is 3.29. The van der Waals surface area contributed by atoms with Crippen LogP contribution < -0.4 is 11.1 Å². The summed E-state index contributed by atoms with van der Waals surface area (Å²) in [5.74, 6) is -0.869. The molecule has 1 N–H and O–H groups in total. The van der Waals surface area contributed by atoms with Crippen molar-refractivity contribution in [2.75, 3.05) is 0 Å². The Morgan fingerprint density at radius 1 is 1.15 bits per heavy atom. The van der Waals surface area contributed by atoms with Crippen LogP contribution in [0.25, 0.3) is 11.1 Å². The van der Waals surface area contributed by atoms with E-state index in [4.69, 9.17) is 16.0 Å². The van der Waals surface area contributed by atoms with E-state index in [1.165, 1.54) is 4.57 Å². The summed E-state index contributed by atoms with van der Waals surface area (Å²) in [4.78, 5) is 25.9. The first kappa shape index (κ1) is 17.6. The van der Waals surface area contributed by atoms with Crippen molar-refractivity contribution < 1.29 is 9.21 Å². The van der Waals surface area contributed by atoms with E-state index in [-0.39, 0.29) is 18.5 Å². The summed E-state index contributed by atoms with van der Waals surface area (Å²) in [6.07, 6.45) is 0. The fourth-order valence-corrected chi connectivity index (χ4v) is 3.92. The molecular weight excluding hydrogens is 384 g/mol. The van der Waals surface area contributed by atoms with E-state index in [0.717, 1.165) is 10.4 Å². The molecule has 1 atom stereocenters. The lowest BCUT2D eigenvalue weighted by molar-refractivity contribution is -0.122. The number of rotatable bonds is 5. The highest BCUT2D eigenvalue weighted by molar-refractivity contribution is 7.10. The van der Waals surface area contributed by atoms with E-state index < -0.39 is 5.76 Å². The van der Waals surface area contributed by atoms with Crippen LogP contribution in [0.2, 0.25) is 5.02 Å². The summed E-state index contributed by atoms with van der Waals surface area (Å²) in [6, 6.07) is 18.3. The zero-order valence-electron chi connectivity index (χ0n) is 14.1. The number of nitrogens with zero attached hydrogens (tertiary/aromatic N) is 1. The molecule has 0 bridgehead atoms. The molecule has 2 aromatic carbocycles. The molecule has 4 aromatic rings. The smallest absolute Gasteiger partial charge is 0.408 e. The average molecular weight is 399 g/mol. The number of carbonyl (C=O) groups excluding carboxylic acids is 1. The van der Waals surface area contributed by atoms with Crippen molar-refractivity contribution in [1.29, 1.82) is 0 Å². The van der Waals surface area contributed by atoms with Crippen LogP contribution in [0, 0.1) is 0 Å². The van der Waals surface area contributed by atoms with Gasteiger partial charge in [-0.2, -0.15) is 0 Å². The molecule has 0 unspecified atom stereocenters. The molecule has 0 saturated carbocycles. The SMILES string of the molecule is O=C(Cn1c(=O)oc2cc(Cl)ccc21)N[C@@H](c1ccccc1)c1cccs1. The number of aromatic nitrogens is 1. The van der Waals surface area contributed by atoms with Gasteiger partial charge in [-0.3, -0.25) is 9.36 Å². The molecule has 0 aliphatic heterocycles. The molecule has 7 heteroatoms. The van der Waals surface area contributed by atoms with Crippen molar-refractivity contribution in [1.82, 2.24) is 9.88 Å². The van der Waals surface area contributed by atoms with Crippen molar-refractivity contribution >= 4 is 39.9 Å². The third-order valence-electron chi connectivity index (χ3n) is 4.20. The molecule has 4 rings (SSSR count). The van der Waals surface area contributed by atoms with Crippen molar-refractivity contribution in [2.24, 2.45) is 0 Å². The van der Waals surface area contributed by atoms with Crippen LogP contribution >= 0.6 is 22.9 Å². The van der Waals surface area contributed by atoms with Gasteiger partial charge in [0.2, 0.25) is 5.91 Å². The van der Waals surface area contributed by atoms with Gasteiger partial charge in [-0.05, 0) is 29.1 Å². The van der Waals surface area contributed by atoms with Gasteiger partial charge >= 0.3 is 5.76 Å². The summed E-state index contributed by atoms with van der Waals surface area (Å²) in [5.41, 5.74) is 1.87. The van der Waals surface area contributed by atoms with Crippen LogP contribution in [0.5, 0.6) is 0 Å². The minimum atomic E-state index is -0.588. The number of hydrogen-bond donors (Lipinski definition) is 1. The fourth-order valence-electron chi connectivity index (χ4n) is 2.96. The number of hydrogen-bond acceptors (Lipinski definition) is 4. The highest BCUT2D eigenvalue weighted by atomic mass is 35.5. The van der Waals surface area contributed by atoms with Crippen LogP contribution in [0.1, 0.15) is 16.5 Å². The van der Waals surface area contributed by atoms with Gasteiger partial charge in [0.25, 0.3) is 0 Å². The first-order valence-electron chi connectivity index (χ1n) is 8.28. The number of benzene rings is 2. The van der Waals surface area contributed by atoms with E-state index in [2.05, 4.69) is 5.32 Å². The number of nitrogens with one attached hydrogen (secondary N) is 1. The van der Waals surface area contributed by atoms with E-state index >= 15 is 0 Å². The highest BCUT2D eigenvalue weighted by Gasteiger charge is 2.19. The molecule has 136 valence electrons. The Labute approximate surface area is 163 Å². The second kappa shape index (κ2) is 7.42. The number of carbonyl (C=O) groups is 1. The Bertz CT molecular complexity index is 1130. The molecule has 0 saturated heterocycles. The van der Waals surface area contributed by atoms with Crippen molar-refractivity contribution in [3.63, 3.8) is 0 Å². The summed E-state index contributed by atoms with van der Waals surface area (Å²) in [6.45, 7) is -0.137. The fraction of sp³-hybridized carbons (Fsp3) is 0.100. The van der Waals surface area contributed by atoms with Crippen LogP contribution in [-0.2, 0) is 11.3 Å². The van der Waals surface area contributed by atoms with Crippen molar-refractivity contribution in [2.45, 2.75) is 12.6 Å². The van der Waals surface area contributed by atoms with Gasteiger partial charge in [0.05, 0.1) is 11.6 Å². The normalized spacial score (nSPS) is 12.2. The van der Waals surface area contributed by atoms with Crippen LogP contribution in [-0.4, -0.2) is 10.5 Å². The minimum absolute atomic E-state index is 0.137. The summed E-state index contributed by atoms with van der Waals surface area (Å²) in [7, 11) is 0. The number of fused-ring (bicyclic) bond motifs is 1. The molecule has 0 aliphatic carbocycles. The maximum absolute atomic E-state index is 12.7. The Hall–Kier alpha value is -2.83. The molecule has 5 nitrogen and oxygen atoms in total. The van der Waals surface area contributed by atoms with Gasteiger partial charge in [0.1, 0.15) is 6.54 Å². The molecular formula is C20H15ClN2O3S. The molecule has 2 aromatic heterocycles. The lowest BCUT2D eigenvalue weighted by atomic mass is 10.1. The Balaban J connectivity index is 1.61. The molecule has 2 heterocycles. The Morgan fingerprint density at radius 2 is 1.96 bits per heavy atom. The van der Waals surface area contributed by atoms with Gasteiger partial charge < -0.3 is 9.73 Å². The van der Waals surface area contributed by atoms with Crippen molar-refractivity contribution in [3.8, 4) is 0 Å². The van der Waals surface area contributed by atoms with Gasteiger partial charge in [-0.1, -0.05) is 48.0 Å². The summed E-state index contributed by atoms with van der Waals surface area (Å²) < 4.78 is 6.49. The standard InChI is InChI=1S/C20H15ClN2O3S/c21-14-8-9-15-16(11-14)26-20(25)23(15)12-18(24)22-19(17-7-4-10-27-17)13-5-2-1-3-6-13/h1-11,19H,12H2,(H,22,24)/t19-/m0/s1. The minimum Gasteiger partial charge on any atom is -0.408 e. The maximum atomic E-state index is 12.7. The molecule has 0 fully saturated rings. The zero-order chi connectivity index (χ0) is 18.8. The predicted octanol–water partition coefficient (Wildman–Crippen LogP) is 4.22. The molecule has 27 heavy (non-hydrogen) atoms. The van der Waals surface area contributed by atoms with Crippen LogP contribution in [0.3, 0.4) is 0 Å². The lowest BCUT2D eigenvalue weighted by Gasteiger charge is -2.18. The third kappa shape index (κ3) is 3.67. The molecule has 1 amide bonds. The number of halogens is 1.